The van der Waals surface area contributed by atoms with Crippen LogP contribution in [0.3, 0.4) is 0 Å². The number of carbonyl (C=O) groups is 2. The van der Waals surface area contributed by atoms with Crippen LogP contribution in [-0.4, -0.2) is 30.4 Å². The number of hydrogen-bond donors (Lipinski definition) is 3. The van der Waals surface area contributed by atoms with Crippen LogP contribution in [0.15, 0.2) is 28.7 Å². The monoisotopic (exact) mass is 411 g/mol. The molecule has 0 saturated carbocycles. The molecule has 2 rings (SSSR count). The summed E-state index contributed by atoms with van der Waals surface area (Å²) < 4.78 is 20.1. The molecule has 0 aliphatic rings. The SMILES string of the molecule is CCNC(=O)c1[nH]c(C(=O)NC)c(O[C@@H](C)c2ccccc2F)c1Br. The van der Waals surface area contributed by atoms with E-state index in [4.69, 9.17) is 4.74 Å². The van der Waals surface area contributed by atoms with Crippen molar-refractivity contribution in [3.05, 3.63) is 51.5 Å². The van der Waals surface area contributed by atoms with Gasteiger partial charge in [0, 0.05) is 19.2 Å². The summed E-state index contributed by atoms with van der Waals surface area (Å²) in [6, 6.07) is 6.22. The molecule has 0 saturated heterocycles. The van der Waals surface area contributed by atoms with E-state index in [0.29, 0.717) is 16.6 Å². The average Bonchev–Trinajstić information content (AvgIpc) is 2.91. The minimum atomic E-state index is -0.668. The number of nitrogens with one attached hydrogen (secondary N) is 3. The van der Waals surface area contributed by atoms with E-state index in [1.807, 2.05) is 0 Å². The van der Waals surface area contributed by atoms with Gasteiger partial charge in [-0.1, -0.05) is 18.2 Å². The first-order chi connectivity index (χ1) is 11.9. The Hall–Kier alpha value is -2.35. The van der Waals surface area contributed by atoms with Crippen molar-refractivity contribution in [2.75, 3.05) is 13.6 Å². The van der Waals surface area contributed by atoms with Crippen molar-refractivity contribution >= 4 is 27.7 Å². The molecule has 8 heteroatoms. The van der Waals surface area contributed by atoms with Gasteiger partial charge in [-0.05, 0) is 35.8 Å². The summed E-state index contributed by atoms with van der Waals surface area (Å²) in [4.78, 5) is 27.0. The Balaban J connectivity index is 2.43. The minimum Gasteiger partial charge on any atom is -0.482 e. The third-order valence-corrected chi connectivity index (χ3v) is 4.31. The van der Waals surface area contributed by atoms with Gasteiger partial charge in [-0.25, -0.2) is 4.39 Å². The fourth-order valence-corrected chi connectivity index (χ4v) is 2.88. The molecule has 1 aromatic heterocycles. The van der Waals surface area contributed by atoms with E-state index in [1.54, 1.807) is 32.0 Å². The van der Waals surface area contributed by atoms with Gasteiger partial charge in [0.15, 0.2) is 5.75 Å². The van der Waals surface area contributed by atoms with Crippen LogP contribution < -0.4 is 15.4 Å². The van der Waals surface area contributed by atoms with E-state index >= 15 is 0 Å². The predicted octanol–water partition coefficient (Wildman–Crippen LogP) is 3.17. The molecule has 3 N–H and O–H groups in total. The molecule has 134 valence electrons. The second kappa shape index (κ2) is 8.15. The molecule has 2 amide bonds. The molecular weight excluding hydrogens is 393 g/mol. The lowest BCUT2D eigenvalue weighted by Crippen LogP contribution is -2.24. The summed E-state index contributed by atoms with van der Waals surface area (Å²) in [6.07, 6.45) is -0.668. The molecule has 1 aromatic carbocycles. The highest BCUT2D eigenvalue weighted by Crippen LogP contribution is 2.36. The van der Waals surface area contributed by atoms with E-state index in [1.165, 1.54) is 13.1 Å². The molecule has 0 fully saturated rings. The van der Waals surface area contributed by atoms with Crippen LogP contribution in [0.4, 0.5) is 4.39 Å². The van der Waals surface area contributed by atoms with E-state index in [-0.39, 0.29) is 23.0 Å². The largest absolute Gasteiger partial charge is 0.482 e. The highest BCUT2D eigenvalue weighted by atomic mass is 79.9. The fourth-order valence-electron chi connectivity index (χ4n) is 2.31. The molecule has 0 unspecified atom stereocenters. The highest BCUT2D eigenvalue weighted by molar-refractivity contribution is 9.10. The number of aromatic nitrogens is 1. The van der Waals surface area contributed by atoms with E-state index < -0.39 is 17.8 Å². The van der Waals surface area contributed by atoms with Gasteiger partial charge in [0.2, 0.25) is 0 Å². The first kappa shape index (κ1) is 19.0. The van der Waals surface area contributed by atoms with Crippen molar-refractivity contribution in [1.29, 1.82) is 0 Å². The number of aromatic amines is 1. The minimum absolute atomic E-state index is 0.0822. The fraction of sp³-hybridized carbons (Fsp3) is 0.294. The smallest absolute Gasteiger partial charge is 0.271 e. The molecule has 0 bridgehead atoms. The molecule has 0 aliphatic carbocycles. The van der Waals surface area contributed by atoms with E-state index in [0.717, 1.165) is 0 Å². The zero-order valence-corrected chi connectivity index (χ0v) is 15.7. The van der Waals surface area contributed by atoms with Crippen molar-refractivity contribution in [2.45, 2.75) is 20.0 Å². The second-order valence-corrected chi connectivity index (χ2v) is 6.03. The second-order valence-electron chi connectivity index (χ2n) is 5.24. The maximum absolute atomic E-state index is 14.0. The number of halogens is 2. The lowest BCUT2D eigenvalue weighted by Gasteiger charge is -2.16. The van der Waals surface area contributed by atoms with Gasteiger partial charge in [-0.15, -0.1) is 0 Å². The molecule has 2 aromatic rings. The zero-order chi connectivity index (χ0) is 18.6. The Morgan fingerprint density at radius 1 is 1.28 bits per heavy atom. The van der Waals surface area contributed by atoms with Crippen LogP contribution in [0, 0.1) is 5.82 Å². The summed E-state index contributed by atoms with van der Waals surface area (Å²) in [5.74, 6) is -1.09. The molecule has 0 spiro atoms. The van der Waals surface area contributed by atoms with Gasteiger partial charge in [0.1, 0.15) is 23.3 Å². The normalized spacial score (nSPS) is 11.7. The van der Waals surface area contributed by atoms with Crippen LogP contribution in [0.2, 0.25) is 0 Å². The number of ether oxygens (including phenoxy) is 1. The summed E-state index contributed by atoms with van der Waals surface area (Å²) >= 11 is 3.30. The highest BCUT2D eigenvalue weighted by Gasteiger charge is 2.27. The molecule has 1 atom stereocenters. The number of carbonyl (C=O) groups excluding carboxylic acids is 2. The predicted molar refractivity (Wildman–Crippen MR) is 95.3 cm³/mol. The first-order valence-electron chi connectivity index (χ1n) is 7.73. The lowest BCUT2D eigenvalue weighted by molar-refractivity contribution is 0.0950. The Morgan fingerprint density at radius 3 is 2.56 bits per heavy atom. The Bertz CT molecular complexity index is 791. The lowest BCUT2D eigenvalue weighted by atomic mass is 10.1. The maximum atomic E-state index is 14.0. The number of hydrogen-bond acceptors (Lipinski definition) is 3. The topological polar surface area (TPSA) is 83.2 Å². The Morgan fingerprint density at radius 2 is 1.96 bits per heavy atom. The third kappa shape index (κ3) is 4.01. The van der Waals surface area contributed by atoms with Crippen LogP contribution >= 0.6 is 15.9 Å². The van der Waals surface area contributed by atoms with Gasteiger partial charge in [0.25, 0.3) is 11.8 Å². The van der Waals surface area contributed by atoms with E-state index in [9.17, 15) is 14.0 Å². The van der Waals surface area contributed by atoms with Gasteiger partial charge in [0.05, 0.1) is 4.47 Å². The van der Waals surface area contributed by atoms with Crippen LogP contribution in [0.25, 0.3) is 0 Å². The number of rotatable bonds is 6. The quantitative estimate of drug-likeness (QED) is 0.682. The van der Waals surface area contributed by atoms with Crippen LogP contribution in [0.1, 0.15) is 46.5 Å². The standard InChI is InChI=1S/C17H19BrFN3O3/c1-4-21-17(24)13-12(18)15(14(22-13)16(23)20-3)25-9(2)10-7-5-6-8-11(10)19/h5-9,22H,4H2,1-3H3,(H,20,23)(H,21,24)/t9-/m0/s1. The van der Waals surface area contributed by atoms with Crippen LogP contribution in [0.5, 0.6) is 5.75 Å². The third-order valence-electron chi connectivity index (χ3n) is 3.55. The van der Waals surface area contributed by atoms with E-state index in [2.05, 4.69) is 31.5 Å². The van der Waals surface area contributed by atoms with Gasteiger partial charge in [-0.3, -0.25) is 9.59 Å². The average molecular weight is 412 g/mol. The number of H-pyrrole nitrogens is 1. The van der Waals surface area contributed by atoms with Crippen LogP contribution in [-0.2, 0) is 0 Å². The molecule has 6 nitrogen and oxygen atoms in total. The zero-order valence-electron chi connectivity index (χ0n) is 14.1. The van der Waals surface area contributed by atoms with Crippen molar-refractivity contribution in [3.8, 4) is 5.75 Å². The molecule has 25 heavy (non-hydrogen) atoms. The van der Waals surface area contributed by atoms with Gasteiger partial charge < -0.3 is 20.4 Å². The van der Waals surface area contributed by atoms with Gasteiger partial charge in [-0.2, -0.15) is 0 Å². The summed E-state index contributed by atoms with van der Waals surface area (Å²) in [5, 5.41) is 5.13. The van der Waals surface area contributed by atoms with Crippen molar-refractivity contribution in [2.24, 2.45) is 0 Å². The van der Waals surface area contributed by atoms with Crippen molar-refractivity contribution in [3.63, 3.8) is 0 Å². The number of benzene rings is 1. The molecular formula is C17H19BrFN3O3. The van der Waals surface area contributed by atoms with Gasteiger partial charge >= 0.3 is 0 Å². The van der Waals surface area contributed by atoms with Crippen molar-refractivity contribution < 1.29 is 18.7 Å². The first-order valence-corrected chi connectivity index (χ1v) is 8.52. The molecule has 0 aliphatic heterocycles. The Labute approximate surface area is 153 Å². The molecule has 1 heterocycles. The summed E-state index contributed by atoms with van der Waals surface area (Å²) in [7, 11) is 1.47. The summed E-state index contributed by atoms with van der Waals surface area (Å²) in [6.45, 7) is 3.88. The Kier molecular flexibility index (Phi) is 6.19. The summed E-state index contributed by atoms with van der Waals surface area (Å²) in [5.41, 5.74) is 0.591. The number of amides is 2. The molecule has 0 radical (unpaired) electrons. The maximum Gasteiger partial charge on any atom is 0.271 e. The van der Waals surface area contributed by atoms with Crippen molar-refractivity contribution in [1.82, 2.24) is 15.6 Å².